The van der Waals surface area contributed by atoms with Crippen molar-refractivity contribution in [2.75, 3.05) is 6.54 Å². The van der Waals surface area contributed by atoms with E-state index in [0.717, 1.165) is 11.1 Å². The summed E-state index contributed by atoms with van der Waals surface area (Å²) >= 11 is 0. The number of rotatable bonds is 3. The Labute approximate surface area is 111 Å². The zero-order valence-corrected chi connectivity index (χ0v) is 10.5. The third-order valence-electron chi connectivity index (χ3n) is 3.19. The van der Waals surface area contributed by atoms with Crippen LogP contribution in [0, 0.1) is 0 Å². The third-order valence-corrected chi connectivity index (χ3v) is 3.19. The van der Waals surface area contributed by atoms with Crippen LogP contribution in [-0.4, -0.2) is 34.6 Å². The predicted octanol–water partition coefficient (Wildman–Crippen LogP) is 1.39. The number of carboxylic acids is 1. The Morgan fingerprint density at radius 1 is 1.42 bits per heavy atom. The Morgan fingerprint density at radius 3 is 2.74 bits per heavy atom. The van der Waals surface area contributed by atoms with Crippen LogP contribution in [0.2, 0.25) is 0 Å². The lowest BCUT2D eigenvalue weighted by molar-refractivity contribution is -0.142. The molecule has 2 rings (SSSR count). The number of carbonyl (C=O) groups is 2. The van der Waals surface area contributed by atoms with Crippen LogP contribution in [-0.2, 0) is 17.8 Å². The van der Waals surface area contributed by atoms with Crippen LogP contribution < -0.4 is 5.32 Å². The fourth-order valence-electron chi connectivity index (χ4n) is 2.22. The highest BCUT2D eigenvalue weighted by Crippen LogP contribution is 2.23. The fourth-order valence-corrected chi connectivity index (χ4v) is 2.22. The van der Waals surface area contributed by atoms with Crippen molar-refractivity contribution in [3.63, 3.8) is 0 Å². The molecule has 0 unspecified atom stereocenters. The summed E-state index contributed by atoms with van der Waals surface area (Å²) in [5.74, 6) is -0.983. The molecular weight excluding hydrogens is 244 g/mol. The standard InChI is InChI=1S/C14H16N2O3/c1-2-7-15-14(19)16-9-11-6-4-3-5-10(11)8-12(16)13(17)18/h2-6,12H,1,7-9H2,(H,15,19)(H,17,18)/t12-/m1/s1. The van der Waals surface area contributed by atoms with E-state index >= 15 is 0 Å². The lowest BCUT2D eigenvalue weighted by Gasteiger charge is -2.34. The number of urea groups is 1. The summed E-state index contributed by atoms with van der Waals surface area (Å²) in [7, 11) is 0. The van der Waals surface area contributed by atoms with Crippen molar-refractivity contribution in [3.05, 3.63) is 48.0 Å². The Hall–Kier alpha value is -2.30. The number of hydrogen-bond acceptors (Lipinski definition) is 2. The van der Waals surface area contributed by atoms with Crippen LogP contribution in [0.4, 0.5) is 4.79 Å². The van der Waals surface area contributed by atoms with Gasteiger partial charge < -0.3 is 15.3 Å². The van der Waals surface area contributed by atoms with Gasteiger partial charge in [0.2, 0.25) is 0 Å². The molecule has 1 aromatic rings. The van der Waals surface area contributed by atoms with Crippen molar-refractivity contribution >= 4 is 12.0 Å². The molecular formula is C14H16N2O3. The quantitative estimate of drug-likeness (QED) is 0.807. The lowest BCUT2D eigenvalue weighted by atomic mass is 9.94. The second-order valence-electron chi connectivity index (χ2n) is 4.43. The molecule has 0 radical (unpaired) electrons. The average molecular weight is 260 g/mol. The molecule has 0 fully saturated rings. The number of benzene rings is 1. The van der Waals surface area contributed by atoms with Crippen molar-refractivity contribution < 1.29 is 14.7 Å². The van der Waals surface area contributed by atoms with Crippen molar-refractivity contribution in [2.24, 2.45) is 0 Å². The summed E-state index contributed by atoms with van der Waals surface area (Å²) in [6, 6.07) is 6.40. The van der Waals surface area contributed by atoms with E-state index in [2.05, 4.69) is 11.9 Å². The smallest absolute Gasteiger partial charge is 0.326 e. The lowest BCUT2D eigenvalue weighted by Crippen LogP contribution is -2.52. The SMILES string of the molecule is C=CCNC(=O)N1Cc2ccccc2C[C@@H]1C(=O)O. The molecule has 0 saturated heterocycles. The van der Waals surface area contributed by atoms with Gasteiger partial charge in [0.25, 0.3) is 0 Å². The zero-order chi connectivity index (χ0) is 13.8. The van der Waals surface area contributed by atoms with E-state index in [9.17, 15) is 14.7 Å². The number of carboxylic acid groups (broad SMARTS) is 1. The van der Waals surface area contributed by atoms with Gasteiger partial charge in [0.1, 0.15) is 6.04 Å². The van der Waals surface area contributed by atoms with Crippen molar-refractivity contribution in [1.29, 1.82) is 0 Å². The molecule has 5 heteroatoms. The highest BCUT2D eigenvalue weighted by atomic mass is 16.4. The van der Waals surface area contributed by atoms with Gasteiger partial charge in [-0.3, -0.25) is 0 Å². The third kappa shape index (κ3) is 2.76. The van der Waals surface area contributed by atoms with E-state index in [0.29, 0.717) is 19.5 Å². The summed E-state index contributed by atoms with van der Waals surface area (Å²) in [4.78, 5) is 24.7. The van der Waals surface area contributed by atoms with Crippen LogP contribution in [0.25, 0.3) is 0 Å². The molecule has 0 spiro atoms. The van der Waals surface area contributed by atoms with Crippen molar-refractivity contribution in [2.45, 2.75) is 19.0 Å². The van der Waals surface area contributed by atoms with Gasteiger partial charge in [0, 0.05) is 19.5 Å². The molecule has 100 valence electrons. The maximum Gasteiger partial charge on any atom is 0.326 e. The molecule has 1 atom stereocenters. The average Bonchev–Trinajstić information content (AvgIpc) is 2.43. The number of hydrogen-bond donors (Lipinski definition) is 2. The second-order valence-corrected chi connectivity index (χ2v) is 4.43. The molecule has 1 aliphatic rings. The minimum atomic E-state index is -0.983. The molecule has 5 nitrogen and oxygen atoms in total. The minimum Gasteiger partial charge on any atom is -0.480 e. The van der Waals surface area contributed by atoms with E-state index in [4.69, 9.17) is 0 Å². The van der Waals surface area contributed by atoms with Gasteiger partial charge in [-0.25, -0.2) is 9.59 Å². The first-order chi connectivity index (χ1) is 9.13. The molecule has 1 aromatic carbocycles. The number of carbonyl (C=O) groups excluding carboxylic acids is 1. The van der Waals surface area contributed by atoms with Gasteiger partial charge in [-0.1, -0.05) is 30.3 Å². The van der Waals surface area contributed by atoms with Crippen LogP contribution in [0.5, 0.6) is 0 Å². The van der Waals surface area contributed by atoms with E-state index in [1.54, 1.807) is 6.08 Å². The van der Waals surface area contributed by atoms with Crippen LogP contribution in [0.1, 0.15) is 11.1 Å². The van der Waals surface area contributed by atoms with Gasteiger partial charge in [-0.05, 0) is 11.1 Å². The Kier molecular flexibility index (Phi) is 3.85. The Bertz CT molecular complexity index is 513. The van der Waals surface area contributed by atoms with E-state index in [-0.39, 0.29) is 6.03 Å². The van der Waals surface area contributed by atoms with Gasteiger partial charge in [0.05, 0.1) is 0 Å². The number of nitrogens with zero attached hydrogens (tertiary/aromatic N) is 1. The Morgan fingerprint density at radius 2 is 2.11 bits per heavy atom. The number of fused-ring (bicyclic) bond motifs is 1. The van der Waals surface area contributed by atoms with E-state index in [1.807, 2.05) is 24.3 Å². The highest BCUT2D eigenvalue weighted by Gasteiger charge is 2.34. The Balaban J connectivity index is 2.23. The molecule has 2 N–H and O–H groups in total. The summed E-state index contributed by atoms with van der Waals surface area (Å²) in [6.07, 6.45) is 1.90. The molecule has 1 heterocycles. The minimum absolute atomic E-state index is 0.316. The number of aliphatic carboxylic acids is 1. The van der Waals surface area contributed by atoms with Crippen LogP contribution in [0.15, 0.2) is 36.9 Å². The molecule has 0 aliphatic carbocycles. The van der Waals surface area contributed by atoms with Crippen molar-refractivity contribution in [3.8, 4) is 0 Å². The molecule has 0 saturated carbocycles. The van der Waals surface area contributed by atoms with Gasteiger partial charge in [0.15, 0.2) is 0 Å². The normalized spacial score (nSPS) is 17.5. The summed E-state index contributed by atoms with van der Waals surface area (Å²) in [5.41, 5.74) is 1.98. The van der Waals surface area contributed by atoms with Crippen molar-refractivity contribution in [1.82, 2.24) is 10.2 Å². The highest BCUT2D eigenvalue weighted by molar-refractivity contribution is 5.83. The first-order valence-corrected chi connectivity index (χ1v) is 6.08. The van der Waals surface area contributed by atoms with Crippen LogP contribution >= 0.6 is 0 Å². The predicted molar refractivity (Wildman–Crippen MR) is 70.7 cm³/mol. The molecule has 0 bridgehead atoms. The number of nitrogens with one attached hydrogen (secondary N) is 1. The van der Waals surface area contributed by atoms with E-state index in [1.165, 1.54) is 4.90 Å². The van der Waals surface area contributed by atoms with Gasteiger partial charge in [-0.2, -0.15) is 0 Å². The summed E-state index contributed by atoms with van der Waals surface area (Å²) < 4.78 is 0. The largest absolute Gasteiger partial charge is 0.480 e. The molecule has 1 aliphatic heterocycles. The fraction of sp³-hybridized carbons (Fsp3) is 0.286. The van der Waals surface area contributed by atoms with Gasteiger partial charge in [-0.15, -0.1) is 6.58 Å². The topological polar surface area (TPSA) is 69.6 Å². The summed E-state index contributed by atoms with van der Waals surface area (Å²) in [5, 5.41) is 11.9. The van der Waals surface area contributed by atoms with E-state index < -0.39 is 12.0 Å². The number of amides is 2. The maximum absolute atomic E-state index is 12.0. The molecule has 0 aromatic heterocycles. The second kappa shape index (κ2) is 5.56. The summed E-state index contributed by atoms with van der Waals surface area (Å²) in [6.45, 7) is 4.16. The maximum atomic E-state index is 12.0. The molecule has 2 amide bonds. The van der Waals surface area contributed by atoms with Crippen LogP contribution in [0.3, 0.4) is 0 Å². The van der Waals surface area contributed by atoms with Gasteiger partial charge >= 0.3 is 12.0 Å². The zero-order valence-electron chi connectivity index (χ0n) is 10.5. The first kappa shape index (κ1) is 13.1. The monoisotopic (exact) mass is 260 g/mol. The molecule has 19 heavy (non-hydrogen) atoms. The first-order valence-electron chi connectivity index (χ1n) is 6.08.